The fraction of sp³-hybridized carbons (Fsp3) is 0.308. The van der Waals surface area contributed by atoms with E-state index in [0.29, 0.717) is 36.9 Å². The molecular formula is C26H28N4O3. The van der Waals surface area contributed by atoms with Crippen molar-refractivity contribution in [2.75, 3.05) is 18.4 Å². The Morgan fingerprint density at radius 1 is 1.15 bits per heavy atom. The van der Waals surface area contributed by atoms with Crippen LogP contribution >= 0.6 is 0 Å². The second-order valence-corrected chi connectivity index (χ2v) is 8.28. The number of benzene rings is 2. The summed E-state index contributed by atoms with van der Waals surface area (Å²) < 4.78 is 5.55. The molecule has 1 saturated heterocycles. The molecule has 1 aliphatic heterocycles. The van der Waals surface area contributed by atoms with Crippen molar-refractivity contribution in [3.05, 3.63) is 71.6 Å². The van der Waals surface area contributed by atoms with Crippen molar-refractivity contribution in [1.29, 1.82) is 0 Å². The predicted molar refractivity (Wildman–Crippen MR) is 127 cm³/mol. The van der Waals surface area contributed by atoms with E-state index in [1.165, 1.54) is 5.56 Å². The molecule has 1 N–H and O–H groups in total. The van der Waals surface area contributed by atoms with Gasteiger partial charge in [-0.25, -0.2) is 0 Å². The number of nitrogens with zero attached hydrogens (tertiary/aromatic N) is 3. The standard InChI is InChI=1S/C26H28N4O3/c1-3-23(31)27-22-6-4-5-21(17-22)25-28-26(33-29-25)20-13-15-30(16-14-20)24(32)12-11-19-9-7-18(2)8-10-19/h4-12,17,20H,3,13-16H2,1-2H3,(H,27,31). The summed E-state index contributed by atoms with van der Waals surface area (Å²) in [4.78, 5) is 30.7. The van der Waals surface area contributed by atoms with Crippen molar-refractivity contribution in [3.63, 3.8) is 0 Å². The summed E-state index contributed by atoms with van der Waals surface area (Å²) >= 11 is 0. The fourth-order valence-electron chi connectivity index (χ4n) is 3.80. The minimum Gasteiger partial charge on any atom is -0.339 e. The lowest BCUT2D eigenvalue weighted by Crippen LogP contribution is -2.36. The third-order valence-electron chi connectivity index (χ3n) is 5.82. The van der Waals surface area contributed by atoms with Crippen LogP contribution in [0.1, 0.15) is 49.1 Å². The van der Waals surface area contributed by atoms with Crippen LogP contribution in [-0.4, -0.2) is 39.9 Å². The number of hydrogen-bond acceptors (Lipinski definition) is 5. The highest BCUT2D eigenvalue weighted by atomic mass is 16.5. The third kappa shape index (κ3) is 5.74. The molecule has 4 rings (SSSR count). The molecule has 0 atom stereocenters. The second-order valence-electron chi connectivity index (χ2n) is 8.28. The Hall–Kier alpha value is -3.74. The maximum Gasteiger partial charge on any atom is 0.246 e. The number of piperidine rings is 1. The Morgan fingerprint density at radius 3 is 2.64 bits per heavy atom. The smallest absolute Gasteiger partial charge is 0.246 e. The first kappa shape index (κ1) is 22.5. The van der Waals surface area contributed by atoms with E-state index in [0.717, 1.165) is 24.0 Å². The topological polar surface area (TPSA) is 88.3 Å². The maximum atomic E-state index is 12.6. The zero-order chi connectivity index (χ0) is 23.2. The predicted octanol–water partition coefficient (Wildman–Crippen LogP) is 4.81. The number of likely N-dealkylation sites (tertiary alicyclic amines) is 1. The van der Waals surface area contributed by atoms with Crippen molar-refractivity contribution in [3.8, 4) is 11.4 Å². The lowest BCUT2D eigenvalue weighted by Gasteiger charge is -2.29. The Morgan fingerprint density at radius 2 is 1.91 bits per heavy atom. The fourth-order valence-corrected chi connectivity index (χ4v) is 3.80. The summed E-state index contributed by atoms with van der Waals surface area (Å²) in [5.41, 5.74) is 3.70. The average molecular weight is 445 g/mol. The molecule has 0 aliphatic carbocycles. The number of amides is 2. The van der Waals surface area contributed by atoms with E-state index >= 15 is 0 Å². The molecule has 2 heterocycles. The number of carbonyl (C=O) groups is 2. The molecule has 1 fully saturated rings. The normalized spacial score (nSPS) is 14.5. The van der Waals surface area contributed by atoms with E-state index < -0.39 is 0 Å². The van der Waals surface area contributed by atoms with E-state index in [4.69, 9.17) is 4.52 Å². The van der Waals surface area contributed by atoms with Crippen LogP contribution in [0.3, 0.4) is 0 Å². The minimum atomic E-state index is -0.0454. The third-order valence-corrected chi connectivity index (χ3v) is 5.82. The molecule has 0 spiro atoms. The number of rotatable bonds is 6. The van der Waals surface area contributed by atoms with Gasteiger partial charge in [-0.2, -0.15) is 4.98 Å². The van der Waals surface area contributed by atoms with Crippen LogP contribution in [0.4, 0.5) is 5.69 Å². The van der Waals surface area contributed by atoms with Gasteiger partial charge in [-0.3, -0.25) is 9.59 Å². The van der Waals surface area contributed by atoms with Gasteiger partial charge in [0.1, 0.15) is 0 Å². The number of hydrogen-bond donors (Lipinski definition) is 1. The molecule has 1 aliphatic rings. The van der Waals surface area contributed by atoms with Gasteiger partial charge in [-0.15, -0.1) is 0 Å². The Bertz CT molecular complexity index is 1140. The van der Waals surface area contributed by atoms with E-state index in [2.05, 4.69) is 15.5 Å². The first-order valence-corrected chi connectivity index (χ1v) is 11.3. The number of aryl methyl sites for hydroxylation is 1. The molecule has 0 bridgehead atoms. The average Bonchev–Trinajstić information content (AvgIpc) is 3.34. The van der Waals surface area contributed by atoms with Crippen molar-refractivity contribution in [1.82, 2.24) is 15.0 Å². The van der Waals surface area contributed by atoms with Gasteiger partial charge in [0.2, 0.25) is 23.5 Å². The number of anilines is 1. The molecule has 2 amide bonds. The molecule has 0 saturated carbocycles. The minimum absolute atomic E-state index is 0.0196. The molecule has 7 heteroatoms. The summed E-state index contributed by atoms with van der Waals surface area (Å²) in [6.45, 7) is 5.15. The van der Waals surface area contributed by atoms with Gasteiger partial charge in [0.15, 0.2) is 0 Å². The SMILES string of the molecule is CCC(=O)Nc1cccc(-c2noc(C3CCN(C(=O)C=Cc4ccc(C)cc4)CC3)n2)c1. The van der Waals surface area contributed by atoms with Gasteiger partial charge in [0.25, 0.3) is 0 Å². The highest BCUT2D eigenvalue weighted by molar-refractivity contribution is 5.92. The van der Waals surface area contributed by atoms with Crippen molar-refractivity contribution in [2.24, 2.45) is 0 Å². The van der Waals surface area contributed by atoms with Crippen molar-refractivity contribution < 1.29 is 14.1 Å². The summed E-state index contributed by atoms with van der Waals surface area (Å²) in [5.74, 6) is 1.19. The molecule has 170 valence electrons. The first-order chi connectivity index (χ1) is 16.0. The monoisotopic (exact) mass is 444 g/mol. The molecule has 0 radical (unpaired) electrons. The van der Waals surface area contributed by atoms with Gasteiger partial charge < -0.3 is 14.7 Å². The Labute approximate surface area is 193 Å². The quantitative estimate of drug-likeness (QED) is 0.551. The van der Waals surface area contributed by atoms with Crippen LogP contribution in [0.15, 0.2) is 59.1 Å². The second kappa shape index (κ2) is 10.3. The molecule has 1 aromatic heterocycles. The van der Waals surface area contributed by atoms with E-state index in [1.807, 2.05) is 73.4 Å². The van der Waals surface area contributed by atoms with E-state index in [-0.39, 0.29) is 17.7 Å². The van der Waals surface area contributed by atoms with Crippen LogP contribution in [-0.2, 0) is 9.59 Å². The highest BCUT2D eigenvalue weighted by Crippen LogP contribution is 2.29. The van der Waals surface area contributed by atoms with E-state index in [1.54, 1.807) is 6.08 Å². The zero-order valence-electron chi connectivity index (χ0n) is 19.0. The Balaban J connectivity index is 1.34. The number of carbonyl (C=O) groups excluding carboxylic acids is 2. The number of aromatic nitrogens is 2. The van der Waals surface area contributed by atoms with Crippen LogP contribution in [0.25, 0.3) is 17.5 Å². The molecule has 0 unspecified atom stereocenters. The van der Waals surface area contributed by atoms with Crippen LogP contribution in [0.5, 0.6) is 0 Å². The summed E-state index contributed by atoms with van der Waals surface area (Å²) in [7, 11) is 0. The zero-order valence-corrected chi connectivity index (χ0v) is 19.0. The molecule has 33 heavy (non-hydrogen) atoms. The summed E-state index contributed by atoms with van der Waals surface area (Å²) in [6.07, 6.45) is 5.46. The van der Waals surface area contributed by atoms with Crippen LogP contribution in [0.2, 0.25) is 0 Å². The first-order valence-electron chi connectivity index (χ1n) is 11.3. The summed E-state index contributed by atoms with van der Waals surface area (Å²) in [6, 6.07) is 15.5. The van der Waals surface area contributed by atoms with Gasteiger partial charge in [0, 0.05) is 42.8 Å². The van der Waals surface area contributed by atoms with Crippen molar-refractivity contribution >= 4 is 23.6 Å². The molecule has 3 aromatic rings. The molecular weight excluding hydrogens is 416 g/mol. The highest BCUT2D eigenvalue weighted by Gasteiger charge is 2.27. The largest absolute Gasteiger partial charge is 0.339 e. The van der Waals surface area contributed by atoms with Crippen LogP contribution < -0.4 is 5.32 Å². The van der Waals surface area contributed by atoms with Gasteiger partial charge in [-0.05, 0) is 43.5 Å². The number of nitrogens with one attached hydrogen (secondary N) is 1. The summed E-state index contributed by atoms with van der Waals surface area (Å²) in [5, 5.41) is 6.98. The van der Waals surface area contributed by atoms with Crippen LogP contribution in [0, 0.1) is 6.92 Å². The lowest BCUT2D eigenvalue weighted by molar-refractivity contribution is -0.127. The Kier molecular flexibility index (Phi) is 6.98. The molecule has 7 nitrogen and oxygen atoms in total. The van der Waals surface area contributed by atoms with Gasteiger partial charge >= 0.3 is 0 Å². The molecule has 2 aromatic carbocycles. The maximum absolute atomic E-state index is 12.6. The van der Waals surface area contributed by atoms with Gasteiger partial charge in [-0.1, -0.05) is 54.0 Å². The lowest BCUT2D eigenvalue weighted by atomic mass is 9.96. The van der Waals surface area contributed by atoms with Crippen molar-refractivity contribution in [2.45, 2.75) is 39.0 Å². The van der Waals surface area contributed by atoms with E-state index in [9.17, 15) is 9.59 Å². The van der Waals surface area contributed by atoms with Gasteiger partial charge in [0.05, 0.1) is 0 Å².